The topological polar surface area (TPSA) is 66.4 Å². The first-order valence-corrected chi connectivity index (χ1v) is 6.24. The predicted octanol–water partition coefficient (Wildman–Crippen LogP) is 2.59. The van der Waals surface area contributed by atoms with Gasteiger partial charge in [0, 0.05) is 0 Å². The van der Waals surface area contributed by atoms with E-state index in [4.69, 9.17) is 28.3 Å². The number of benzene rings is 1. The molecule has 2 rings (SSSR count). The highest BCUT2D eigenvalue weighted by atomic mass is 35.5. The third-order valence-corrected chi connectivity index (χ3v) is 3.66. The second-order valence-electron chi connectivity index (χ2n) is 4.23. The van der Waals surface area contributed by atoms with Crippen molar-refractivity contribution < 1.29 is 14.7 Å². The molecule has 18 heavy (non-hydrogen) atoms. The van der Waals surface area contributed by atoms with Gasteiger partial charge in [-0.3, -0.25) is 4.79 Å². The fraction of sp³-hybridized carbons (Fsp3) is 0.333. The fourth-order valence-corrected chi connectivity index (χ4v) is 2.10. The van der Waals surface area contributed by atoms with E-state index in [-0.39, 0.29) is 21.5 Å². The number of amides is 1. The van der Waals surface area contributed by atoms with Gasteiger partial charge in [0.15, 0.2) is 0 Å². The Morgan fingerprint density at radius 2 is 2.00 bits per heavy atom. The van der Waals surface area contributed by atoms with E-state index in [1.807, 2.05) is 0 Å². The summed E-state index contributed by atoms with van der Waals surface area (Å²) in [5, 5.41) is 11.9. The zero-order chi connectivity index (χ0) is 13.3. The second kappa shape index (κ2) is 5.16. The summed E-state index contributed by atoms with van der Waals surface area (Å²) in [6.45, 7) is 0. The molecule has 1 unspecified atom stereocenters. The van der Waals surface area contributed by atoms with E-state index in [2.05, 4.69) is 5.32 Å². The molecule has 1 fully saturated rings. The Balaban J connectivity index is 2.16. The average molecular weight is 288 g/mol. The Labute approximate surface area is 114 Å². The van der Waals surface area contributed by atoms with E-state index in [0.29, 0.717) is 0 Å². The number of carbonyl (C=O) groups is 2. The van der Waals surface area contributed by atoms with Gasteiger partial charge >= 0.3 is 5.97 Å². The van der Waals surface area contributed by atoms with Crippen LogP contribution in [-0.2, 0) is 4.79 Å². The molecule has 1 aliphatic carbocycles. The summed E-state index contributed by atoms with van der Waals surface area (Å²) in [5.41, 5.74) is 0.191. The van der Waals surface area contributed by atoms with Crippen LogP contribution in [0.25, 0.3) is 0 Å². The second-order valence-corrected chi connectivity index (χ2v) is 5.01. The van der Waals surface area contributed by atoms with Crippen molar-refractivity contribution in [3.63, 3.8) is 0 Å². The lowest BCUT2D eigenvalue weighted by Crippen LogP contribution is -2.42. The smallest absolute Gasteiger partial charge is 0.326 e. The number of halogens is 2. The van der Waals surface area contributed by atoms with Gasteiger partial charge in [0.2, 0.25) is 0 Å². The first kappa shape index (κ1) is 13.2. The highest BCUT2D eigenvalue weighted by Crippen LogP contribution is 2.33. The Hall–Kier alpha value is -1.26. The van der Waals surface area contributed by atoms with Crippen molar-refractivity contribution in [2.45, 2.75) is 18.9 Å². The molecule has 6 heteroatoms. The average Bonchev–Trinajstić information content (AvgIpc) is 3.13. The van der Waals surface area contributed by atoms with Crippen molar-refractivity contribution in [3.8, 4) is 0 Å². The van der Waals surface area contributed by atoms with Gasteiger partial charge in [0.25, 0.3) is 5.91 Å². The standard InChI is InChI=1S/C12H11Cl2NO3/c13-8-3-1-2-7(9(8)14)11(16)15-10(12(17)18)6-4-5-6/h1-3,6,10H,4-5H2,(H,15,16)(H,17,18). The van der Waals surface area contributed by atoms with Gasteiger partial charge in [0.1, 0.15) is 6.04 Å². The van der Waals surface area contributed by atoms with Crippen LogP contribution in [0.1, 0.15) is 23.2 Å². The molecule has 0 radical (unpaired) electrons. The van der Waals surface area contributed by atoms with E-state index >= 15 is 0 Å². The number of carboxylic acid groups (broad SMARTS) is 1. The van der Waals surface area contributed by atoms with Gasteiger partial charge in [-0.05, 0) is 30.9 Å². The van der Waals surface area contributed by atoms with Gasteiger partial charge in [-0.1, -0.05) is 29.3 Å². The minimum absolute atomic E-state index is 0.0180. The zero-order valence-corrected chi connectivity index (χ0v) is 10.8. The summed E-state index contributed by atoms with van der Waals surface area (Å²) in [6, 6.07) is 3.81. The summed E-state index contributed by atoms with van der Waals surface area (Å²) >= 11 is 11.7. The summed E-state index contributed by atoms with van der Waals surface area (Å²) in [7, 11) is 0. The number of hydrogen-bond acceptors (Lipinski definition) is 2. The largest absolute Gasteiger partial charge is 0.480 e. The molecule has 1 atom stereocenters. The lowest BCUT2D eigenvalue weighted by Gasteiger charge is -2.14. The Morgan fingerprint density at radius 1 is 1.33 bits per heavy atom. The Morgan fingerprint density at radius 3 is 2.56 bits per heavy atom. The van der Waals surface area contributed by atoms with Crippen LogP contribution < -0.4 is 5.32 Å². The van der Waals surface area contributed by atoms with E-state index < -0.39 is 17.9 Å². The Bertz CT molecular complexity index is 500. The van der Waals surface area contributed by atoms with Crippen molar-refractivity contribution in [2.75, 3.05) is 0 Å². The predicted molar refractivity (Wildman–Crippen MR) is 68.1 cm³/mol. The molecule has 0 aromatic heterocycles. The first-order valence-electron chi connectivity index (χ1n) is 5.48. The molecule has 1 saturated carbocycles. The molecule has 96 valence electrons. The first-order chi connectivity index (χ1) is 8.50. The van der Waals surface area contributed by atoms with Crippen molar-refractivity contribution in [1.29, 1.82) is 0 Å². The molecule has 1 aromatic rings. The van der Waals surface area contributed by atoms with Crippen LogP contribution in [0.15, 0.2) is 18.2 Å². The number of carboxylic acids is 1. The molecular weight excluding hydrogens is 277 g/mol. The minimum Gasteiger partial charge on any atom is -0.480 e. The zero-order valence-electron chi connectivity index (χ0n) is 9.32. The molecule has 0 saturated heterocycles. The van der Waals surface area contributed by atoms with Gasteiger partial charge in [-0.25, -0.2) is 4.79 Å². The van der Waals surface area contributed by atoms with Crippen LogP contribution >= 0.6 is 23.2 Å². The maximum absolute atomic E-state index is 11.9. The normalized spacial score (nSPS) is 16.1. The monoisotopic (exact) mass is 287 g/mol. The lowest BCUT2D eigenvalue weighted by atomic mass is 10.1. The van der Waals surface area contributed by atoms with Crippen molar-refractivity contribution in [3.05, 3.63) is 33.8 Å². The summed E-state index contributed by atoms with van der Waals surface area (Å²) < 4.78 is 0. The number of carbonyl (C=O) groups excluding carboxylic acids is 1. The molecule has 0 heterocycles. The van der Waals surface area contributed by atoms with Crippen LogP contribution in [0.3, 0.4) is 0 Å². The molecular formula is C12H11Cl2NO3. The molecule has 1 aromatic carbocycles. The molecule has 1 amide bonds. The quantitative estimate of drug-likeness (QED) is 0.895. The van der Waals surface area contributed by atoms with Gasteiger partial charge in [-0.15, -0.1) is 0 Å². The SMILES string of the molecule is O=C(NC(C(=O)O)C1CC1)c1cccc(Cl)c1Cl. The van der Waals surface area contributed by atoms with Crippen LogP contribution in [0.4, 0.5) is 0 Å². The maximum Gasteiger partial charge on any atom is 0.326 e. The molecule has 0 aliphatic heterocycles. The maximum atomic E-state index is 11.9. The summed E-state index contributed by atoms with van der Waals surface area (Å²) in [5.74, 6) is -1.52. The van der Waals surface area contributed by atoms with Gasteiger partial charge in [0.05, 0.1) is 15.6 Å². The fourth-order valence-electron chi connectivity index (χ4n) is 1.71. The Kier molecular flexibility index (Phi) is 3.78. The van der Waals surface area contributed by atoms with Crippen molar-refractivity contribution >= 4 is 35.1 Å². The molecule has 4 nitrogen and oxygen atoms in total. The minimum atomic E-state index is -1.02. The van der Waals surface area contributed by atoms with Crippen LogP contribution in [-0.4, -0.2) is 23.0 Å². The van der Waals surface area contributed by atoms with Crippen molar-refractivity contribution in [1.82, 2.24) is 5.32 Å². The number of nitrogens with one attached hydrogen (secondary N) is 1. The third-order valence-electron chi connectivity index (χ3n) is 2.84. The van der Waals surface area contributed by atoms with Crippen LogP contribution in [0, 0.1) is 5.92 Å². The van der Waals surface area contributed by atoms with E-state index in [1.165, 1.54) is 6.07 Å². The number of rotatable bonds is 4. The third kappa shape index (κ3) is 2.76. The van der Waals surface area contributed by atoms with Crippen LogP contribution in [0.2, 0.25) is 10.0 Å². The van der Waals surface area contributed by atoms with Crippen LogP contribution in [0.5, 0.6) is 0 Å². The summed E-state index contributed by atoms with van der Waals surface area (Å²) in [6.07, 6.45) is 1.64. The van der Waals surface area contributed by atoms with Crippen molar-refractivity contribution in [2.24, 2.45) is 5.92 Å². The lowest BCUT2D eigenvalue weighted by molar-refractivity contribution is -0.139. The van der Waals surface area contributed by atoms with E-state index in [1.54, 1.807) is 12.1 Å². The highest BCUT2D eigenvalue weighted by molar-refractivity contribution is 6.43. The molecule has 2 N–H and O–H groups in total. The van der Waals surface area contributed by atoms with Gasteiger partial charge < -0.3 is 10.4 Å². The number of aliphatic carboxylic acids is 1. The molecule has 1 aliphatic rings. The highest BCUT2D eigenvalue weighted by Gasteiger charge is 2.37. The van der Waals surface area contributed by atoms with E-state index in [0.717, 1.165) is 12.8 Å². The van der Waals surface area contributed by atoms with E-state index in [9.17, 15) is 9.59 Å². The number of hydrogen-bond donors (Lipinski definition) is 2. The summed E-state index contributed by atoms with van der Waals surface area (Å²) in [4.78, 5) is 23.0. The van der Waals surface area contributed by atoms with Gasteiger partial charge in [-0.2, -0.15) is 0 Å². The molecule has 0 bridgehead atoms. The molecule has 0 spiro atoms.